The number of carbonyl (C=O) groups is 1. The molecule has 1 N–H and O–H groups in total. The molecule has 3 rings (SSSR count). The van der Waals surface area contributed by atoms with E-state index in [4.69, 9.17) is 4.74 Å². The fraction of sp³-hybridized carbons (Fsp3) is 0.0714. The summed E-state index contributed by atoms with van der Waals surface area (Å²) >= 11 is 2.72. The van der Waals surface area contributed by atoms with E-state index >= 15 is 0 Å². The zero-order valence-corrected chi connectivity index (χ0v) is 12.5. The molecule has 0 fully saturated rings. The molecule has 0 saturated heterocycles. The van der Waals surface area contributed by atoms with Crippen LogP contribution >= 0.6 is 22.9 Å². The molecule has 1 amide bonds. The highest BCUT2D eigenvalue weighted by molar-refractivity contribution is 7.14. The van der Waals surface area contributed by atoms with Gasteiger partial charge in [-0.15, -0.1) is 11.3 Å². The number of benzene rings is 1. The van der Waals surface area contributed by atoms with Crippen LogP contribution in [0.15, 0.2) is 47.8 Å². The quantitative estimate of drug-likeness (QED) is 0.784. The fourth-order valence-electron chi connectivity index (χ4n) is 1.60. The van der Waals surface area contributed by atoms with E-state index in [1.807, 2.05) is 35.7 Å². The normalized spacial score (nSPS) is 10.3. The van der Waals surface area contributed by atoms with Crippen molar-refractivity contribution < 1.29 is 9.53 Å². The largest absolute Gasteiger partial charge is 0.484 e. The fourth-order valence-corrected chi connectivity index (χ4v) is 2.92. The van der Waals surface area contributed by atoms with Crippen molar-refractivity contribution in [1.29, 1.82) is 0 Å². The molecule has 0 aliphatic carbocycles. The van der Waals surface area contributed by atoms with E-state index in [9.17, 15) is 4.79 Å². The van der Waals surface area contributed by atoms with Gasteiger partial charge in [0, 0.05) is 11.5 Å². The summed E-state index contributed by atoms with van der Waals surface area (Å²) in [5.74, 6) is 1.03. The van der Waals surface area contributed by atoms with Crippen LogP contribution in [0.2, 0.25) is 0 Å². The summed E-state index contributed by atoms with van der Waals surface area (Å²) in [6, 6.07) is 13.1. The second-order valence-electron chi connectivity index (χ2n) is 4.05. The number of nitrogens with one attached hydrogen (secondary N) is 1. The van der Waals surface area contributed by atoms with Crippen molar-refractivity contribution in [1.82, 2.24) is 9.36 Å². The number of amides is 1. The minimum atomic E-state index is -0.257. The minimum absolute atomic E-state index is 0.0576. The van der Waals surface area contributed by atoms with Gasteiger partial charge in [0.25, 0.3) is 5.91 Å². The number of para-hydroxylation sites is 1. The molecule has 7 heteroatoms. The molecule has 1 aromatic carbocycles. The van der Waals surface area contributed by atoms with Gasteiger partial charge < -0.3 is 4.74 Å². The number of nitrogens with zero attached hydrogens (tertiary/aromatic N) is 2. The van der Waals surface area contributed by atoms with E-state index in [0.717, 1.165) is 16.4 Å². The van der Waals surface area contributed by atoms with Crippen LogP contribution in [0.3, 0.4) is 0 Å². The van der Waals surface area contributed by atoms with Crippen LogP contribution in [0.1, 0.15) is 0 Å². The van der Waals surface area contributed by atoms with Crippen molar-refractivity contribution in [2.24, 2.45) is 0 Å². The molecular formula is C14H11N3O2S2. The molecule has 0 saturated carbocycles. The number of anilines is 1. The summed E-state index contributed by atoms with van der Waals surface area (Å²) in [6.07, 6.45) is 0. The number of aromatic nitrogens is 2. The van der Waals surface area contributed by atoms with Crippen LogP contribution in [0.5, 0.6) is 5.75 Å². The Kier molecular flexibility index (Phi) is 4.23. The molecule has 0 atom stereocenters. The minimum Gasteiger partial charge on any atom is -0.484 e. The average molecular weight is 317 g/mol. The van der Waals surface area contributed by atoms with Gasteiger partial charge in [0.15, 0.2) is 12.4 Å². The zero-order chi connectivity index (χ0) is 14.5. The Hall–Kier alpha value is -2.25. The third-order valence-corrected chi connectivity index (χ3v) is 4.02. The number of ether oxygens (including phenoxy) is 1. The second-order valence-corrected chi connectivity index (χ2v) is 5.75. The predicted molar refractivity (Wildman–Crippen MR) is 83.8 cm³/mol. The van der Waals surface area contributed by atoms with E-state index in [2.05, 4.69) is 14.7 Å². The molecule has 0 spiro atoms. The van der Waals surface area contributed by atoms with E-state index < -0.39 is 0 Å². The van der Waals surface area contributed by atoms with Crippen molar-refractivity contribution in [3.05, 3.63) is 47.8 Å². The monoisotopic (exact) mass is 317 g/mol. The lowest BCUT2D eigenvalue weighted by atomic mass is 10.3. The maximum Gasteiger partial charge on any atom is 0.264 e. The maximum absolute atomic E-state index is 11.8. The molecule has 0 aliphatic heterocycles. The SMILES string of the molecule is O=C(COc1ccccc1)Nc1nc(-c2cccs2)ns1. The zero-order valence-electron chi connectivity index (χ0n) is 10.9. The first-order valence-electron chi connectivity index (χ1n) is 6.16. The van der Waals surface area contributed by atoms with Crippen LogP contribution in [0, 0.1) is 0 Å². The smallest absolute Gasteiger partial charge is 0.264 e. The lowest BCUT2D eigenvalue weighted by molar-refractivity contribution is -0.118. The summed E-state index contributed by atoms with van der Waals surface area (Å²) in [5.41, 5.74) is 0. The van der Waals surface area contributed by atoms with Crippen molar-refractivity contribution in [2.75, 3.05) is 11.9 Å². The Balaban J connectivity index is 1.55. The molecule has 21 heavy (non-hydrogen) atoms. The summed E-state index contributed by atoms with van der Waals surface area (Å²) in [7, 11) is 0. The van der Waals surface area contributed by atoms with Crippen LogP contribution in [0.4, 0.5) is 5.13 Å². The number of thiophene rings is 1. The molecular weight excluding hydrogens is 306 g/mol. The van der Waals surface area contributed by atoms with E-state index in [1.165, 1.54) is 0 Å². The third-order valence-electron chi connectivity index (χ3n) is 2.53. The Labute approximate surface area is 129 Å². The van der Waals surface area contributed by atoms with Crippen LogP contribution in [0.25, 0.3) is 10.7 Å². The Morgan fingerprint density at radius 3 is 2.81 bits per heavy atom. The van der Waals surface area contributed by atoms with Crippen molar-refractivity contribution >= 4 is 33.9 Å². The molecule has 5 nitrogen and oxygen atoms in total. The van der Waals surface area contributed by atoms with Gasteiger partial charge in [0.05, 0.1) is 4.88 Å². The molecule has 2 aromatic heterocycles. The highest BCUT2D eigenvalue weighted by Crippen LogP contribution is 2.24. The summed E-state index contributed by atoms with van der Waals surface area (Å²) < 4.78 is 9.58. The predicted octanol–water partition coefficient (Wildman–Crippen LogP) is 3.28. The van der Waals surface area contributed by atoms with E-state index in [-0.39, 0.29) is 12.5 Å². The van der Waals surface area contributed by atoms with Crippen molar-refractivity contribution in [3.8, 4) is 16.5 Å². The summed E-state index contributed by atoms with van der Waals surface area (Å²) in [5, 5.41) is 5.11. The Morgan fingerprint density at radius 1 is 1.19 bits per heavy atom. The molecule has 106 valence electrons. The van der Waals surface area contributed by atoms with Crippen LogP contribution in [-0.4, -0.2) is 21.9 Å². The van der Waals surface area contributed by atoms with E-state index in [0.29, 0.717) is 16.7 Å². The lowest BCUT2D eigenvalue weighted by Gasteiger charge is -2.04. The molecule has 3 aromatic rings. The first-order valence-corrected chi connectivity index (χ1v) is 7.82. The summed E-state index contributed by atoms with van der Waals surface area (Å²) in [4.78, 5) is 17.0. The number of rotatable bonds is 5. The van der Waals surface area contributed by atoms with E-state index in [1.54, 1.807) is 23.5 Å². The second kappa shape index (κ2) is 6.47. The van der Waals surface area contributed by atoms with Gasteiger partial charge in [-0.05, 0) is 23.6 Å². The highest BCUT2D eigenvalue weighted by Gasteiger charge is 2.10. The molecule has 2 heterocycles. The van der Waals surface area contributed by atoms with Crippen LogP contribution < -0.4 is 10.1 Å². The van der Waals surface area contributed by atoms with Gasteiger partial charge in [-0.2, -0.15) is 9.36 Å². The number of hydrogen-bond donors (Lipinski definition) is 1. The first-order chi connectivity index (χ1) is 10.3. The molecule has 0 bridgehead atoms. The van der Waals surface area contributed by atoms with Gasteiger partial charge in [-0.1, -0.05) is 24.3 Å². The van der Waals surface area contributed by atoms with Gasteiger partial charge in [0.1, 0.15) is 5.75 Å². The number of hydrogen-bond acceptors (Lipinski definition) is 6. The van der Waals surface area contributed by atoms with Gasteiger partial charge >= 0.3 is 0 Å². The highest BCUT2D eigenvalue weighted by atomic mass is 32.1. The third kappa shape index (κ3) is 3.65. The first kappa shape index (κ1) is 13.7. The Bertz CT molecular complexity index is 711. The van der Waals surface area contributed by atoms with Crippen molar-refractivity contribution in [2.45, 2.75) is 0 Å². The Morgan fingerprint density at radius 2 is 2.05 bits per heavy atom. The molecule has 0 unspecified atom stereocenters. The number of carbonyl (C=O) groups excluding carboxylic acids is 1. The van der Waals surface area contributed by atoms with Crippen molar-refractivity contribution in [3.63, 3.8) is 0 Å². The molecule has 0 aliphatic rings. The van der Waals surface area contributed by atoms with Crippen LogP contribution in [-0.2, 0) is 4.79 Å². The van der Waals surface area contributed by atoms with Gasteiger partial charge in [-0.25, -0.2) is 0 Å². The standard InChI is InChI=1S/C14H11N3O2S2/c18-12(9-19-10-5-2-1-3-6-10)15-14-16-13(17-21-14)11-7-4-8-20-11/h1-8H,9H2,(H,15,16,17,18). The maximum atomic E-state index is 11.8. The molecule has 0 radical (unpaired) electrons. The van der Waals surface area contributed by atoms with Gasteiger partial charge in [0.2, 0.25) is 5.13 Å². The van der Waals surface area contributed by atoms with Gasteiger partial charge in [-0.3, -0.25) is 10.1 Å². The lowest BCUT2D eigenvalue weighted by Crippen LogP contribution is -2.19. The summed E-state index contributed by atoms with van der Waals surface area (Å²) in [6.45, 7) is -0.0576. The topological polar surface area (TPSA) is 64.1 Å². The average Bonchev–Trinajstić information content (AvgIpc) is 3.17.